The molecule has 3 rings (SSSR count). The average molecular weight is 267 g/mol. The quantitative estimate of drug-likeness (QED) is 0.697. The zero-order valence-electron chi connectivity index (χ0n) is 10.9. The average Bonchev–Trinajstić information content (AvgIpc) is 2.88. The van der Waals surface area contributed by atoms with Crippen LogP contribution in [0.1, 0.15) is 5.56 Å². The van der Waals surface area contributed by atoms with Crippen molar-refractivity contribution >= 4 is 5.69 Å². The number of aryl methyl sites for hydroxylation is 1. The SMILES string of the molecule is Cc1cccc(N)c1-c1nc(-c2cccc(O)c2)no1. The molecule has 1 heterocycles. The molecule has 0 bridgehead atoms. The molecule has 0 atom stereocenters. The first-order valence-corrected chi connectivity index (χ1v) is 6.14. The summed E-state index contributed by atoms with van der Waals surface area (Å²) in [5.74, 6) is 0.946. The number of nitrogens with zero attached hydrogens (tertiary/aromatic N) is 2. The van der Waals surface area contributed by atoms with E-state index in [0.29, 0.717) is 23.0 Å². The van der Waals surface area contributed by atoms with Crippen molar-refractivity contribution < 1.29 is 9.63 Å². The van der Waals surface area contributed by atoms with Gasteiger partial charge in [-0.25, -0.2) is 0 Å². The summed E-state index contributed by atoms with van der Waals surface area (Å²) in [6.07, 6.45) is 0. The number of benzene rings is 2. The van der Waals surface area contributed by atoms with Gasteiger partial charge in [-0.3, -0.25) is 0 Å². The Kier molecular flexibility index (Phi) is 2.87. The van der Waals surface area contributed by atoms with Crippen LogP contribution in [0.3, 0.4) is 0 Å². The van der Waals surface area contributed by atoms with Gasteiger partial charge >= 0.3 is 0 Å². The molecule has 5 heteroatoms. The number of hydrogen-bond donors (Lipinski definition) is 2. The number of nitrogens with two attached hydrogens (primary N) is 1. The van der Waals surface area contributed by atoms with Crippen LogP contribution in [-0.4, -0.2) is 15.2 Å². The van der Waals surface area contributed by atoms with Crippen LogP contribution in [0.5, 0.6) is 5.75 Å². The highest BCUT2D eigenvalue weighted by Crippen LogP contribution is 2.30. The summed E-state index contributed by atoms with van der Waals surface area (Å²) >= 11 is 0. The normalized spacial score (nSPS) is 10.7. The maximum absolute atomic E-state index is 9.48. The lowest BCUT2D eigenvalue weighted by molar-refractivity contribution is 0.432. The molecule has 0 aliphatic rings. The van der Waals surface area contributed by atoms with E-state index in [0.717, 1.165) is 11.1 Å². The molecule has 3 aromatic rings. The van der Waals surface area contributed by atoms with Gasteiger partial charge in [-0.05, 0) is 30.7 Å². The van der Waals surface area contributed by atoms with Crippen molar-refractivity contribution in [3.63, 3.8) is 0 Å². The Morgan fingerprint density at radius 1 is 1.15 bits per heavy atom. The smallest absolute Gasteiger partial charge is 0.260 e. The van der Waals surface area contributed by atoms with Crippen LogP contribution >= 0.6 is 0 Å². The summed E-state index contributed by atoms with van der Waals surface area (Å²) in [6.45, 7) is 1.93. The topological polar surface area (TPSA) is 85.2 Å². The third kappa shape index (κ3) is 2.09. The van der Waals surface area contributed by atoms with E-state index in [9.17, 15) is 5.11 Å². The maximum atomic E-state index is 9.48. The summed E-state index contributed by atoms with van der Waals surface area (Å²) in [5.41, 5.74) is 8.95. The first-order valence-electron chi connectivity index (χ1n) is 6.14. The fraction of sp³-hybridized carbons (Fsp3) is 0.0667. The van der Waals surface area contributed by atoms with E-state index in [1.54, 1.807) is 30.3 Å². The lowest BCUT2D eigenvalue weighted by Gasteiger charge is -2.03. The Hall–Kier alpha value is -2.82. The van der Waals surface area contributed by atoms with E-state index in [-0.39, 0.29) is 5.75 Å². The first kappa shape index (κ1) is 12.2. The molecule has 0 unspecified atom stereocenters. The second-order valence-electron chi connectivity index (χ2n) is 4.51. The van der Waals surface area contributed by atoms with E-state index < -0.39 is 0 Å². The van der Waals surface area contributed by atoms with Crippen molar-refractivity contribution in [2.75, 3.05) is 5.73 Å². The minimum Gasteiger partial charge on any atom is -0.508 e. The monoisotopic (exact) mass is 267 g/mol. The molecule has 0 saturated carbocycles. The van der Waals surface area contributed by atoms with Gasteiger partial charge < -0.3 is 15.4 Å². The van der Waals surface area contributed by atoms with Crippen LogP contribution in [0.15, 0.2) is 47.0 Å². The van der Waals surface area contributed by atoms with Crippen molar-refractivity contribution in [2.24, 2.45) is 0 Å². The molecule has 0 fully saturated rings. The minimum atomic E-state index is 0.157. The van der Waals surface area contributed by atoms with Gasteiger partial charge in [0.25, 0.3) is 5.89 Å². The Balaban J connectivity index is 2.07. The standard InChI is InChI=1S/C15H13N3O2/c1-9-4-2-7-12(16)13(9)15-17-14(18-20-15)10-5-3-6-11(19)8-10/h2-8,19H,16H2,1H3. The van der Waals surface area contributed by atoms with E-state index in [4.69, 9.17) is 10.3 Å². The van der Waals surface area contributed by atoms with Crippen molar-refractivity contribution in [2.45, 2.75) is 6.92 Å². The molecular weight excluding hydrogens is 254 g/mol. The Morgan fingerprint density at radius 2 is 1.95 bits per heavy atom. The van der Waals surface area contributed by atoms with Crippen molar-refractivity contribution in [3.8, 4) is 28.6 Å². The molecule has 0 radical (unpaired) electrons. The maximum Gasteiger partial charge on any atom is 0.260 e. The number of nitrogen functional groups attached to an aromatic ring is 1. The molecular formula is C15H13N3O2. The van der Waals surface area contributed by atoms with Crippen LogP contribution in [0.4, 0.5) is 5.69 Å². The minimum absolute atomic E-state index is 0.157. The molecule has 5 nitrogen and oxygen atoms in total. The van der Waals surface area contributed by atoms with Crippen LogP contribution in [-0.2, 0) is 0 Å². The van der Waals surface area contributed by atoms with Gasteiger partial charge in [0.1, 0.15) is 5.75 Å². The van der Waals surface area contributed by atoms with Crippen molar-refractivity contribution in [3.05, 3.63) is 48.0 Å². The number of aromatic hydroxyl groups is 1. The van der Waals surface area contributed by atoms with E-state index in [2.05, 4.69) is 10.1 Å². The zero-order chi connectivity index (χ0) is 14.1. The molecule has 0 aliphatic carbocycles. The van der Waals surface area contributed by atoms with Gasteiger partial charge in [0.15, 0.2) is 0 Å². The van der Waals surface area contributed by atoms with Crippen LogP contribution in [0, 0.1) is 6.92 Å². The third-order valence-electron chi connectivity index (χ3n) is 3.05. The van der Waals surface area contributed by atoms with Gasteiger partial charge in [0.2, 0.25) is 5.82 Å². The van der Waals surface area contributed by atoms with E-state index >= 15 is 0 Å². The van der Waals surface area contributed by atoms with Gasteiger partial charge in [-0.2, -0.15) is 4.98 Å². The van der Waals surface area contributed by atoms with E-state index in [1.165, 1.54) is 0 Å². The fourth-order valence-electron chi connectivity index (χ4n) is 2.07. The lowest BCUT2D eigenvalue weighted by Crippen LogP contribution is -1.92. The number of hydrogen-bond acceptors (Lipinski definition) is 5. The Morgan fingerprint density at radius 3 is 2.70 bits per heavy atom. The highest BCUT2D eigenvalue weighted by atomic mass is 16.5. The Bertz CT molecular complexity index is 745. The number of phenols is 1. The first-order chi connectivity index (χ1) is 9.65. The molecule has 0 aliphatic heterocycles. The highest BCUT2D eigenvalue weighted by molar-refractivity contribution is 5.74. The molecule has 1 aromatic heterocycles. The van der Waals surface area contributed by atoms with Gasteiger partial charge in [0.05, 0.1) is 5.56 Å². The van der Waals surface area contributed by atoms with E-state index in [1.807, 2.05) is 19.1 Å². The fourth-order valence-corrected chi connectivity index (χ4v) is 2.07. The zero-order valence-corrected chi connectivity index (χ0v) is 10.9. The molecule has 2 aromatic carbocycles. The molecule has 20 heavy (non-hydrogen) atoms. The predicted octanol–water partition coefficient (Wildman–Crippen LogP) is 3.00. The second-order valence-corrected chi connectivity index (χ2v) is 4.51. The highest BCUT2D eigenvalue weighted by Gasteiger charge is 2.15. The number of aromatic nitrogens is 2. The summed E-state index contributed by atoms with van der Waals surface area (Å²) in [6, 6.07) is 12.3. The van der Waals surface area contributed by atoms with Crippen molar-refractivity contribution in [1.82, 2.24) is 10.1 Å². The molecule has 100 valence electrons. The number of anilines is 1. The van der Waals surface area contributed by atoms with Gasteiger partial charge in [0, 0.05) is 11.3 Å². The van der Waals surface area contributed by atoms with Crippen LogP contribution in [0.25, 0.3) is 22.8 Å². The molecule has 0 amide bonds. The van der Waals surface area contributed by atoms with Crippen LogP contribution in [0.2, 0.25) is 0 Å². The molecule has 0 spiro atoms. The second kappa shape index (κ2) is 4.70. The third-order valence-corrected chi connectivity index (χ3v) is 3.05. The molecule has 0 saturated heterocycles. The van der Waals surface area contributed by atoms with Crippen molar-refractivity contribution in [1.29, 1.82) is 0 Å². The van der Waals surface area contributed by atoms with Gasteiger partial charge in [-0.1, -0.05) is 29.4 Å². The largest absolute Gasteiger partial charge is 0.508 e. The number of rotatable bonds is 2. The van der Waals surface area contributed by atoms with Gasteiger partial charge in [-0.15, -0.1) is 0 Å². The summed E-state index contributed by atoms with van der Waals surface area (Å²) in [7, 11) is 0. The number of phenolic OH excluding ortho intramolecular Hbond substituents is 1. The lowest BCUT2D eigenvalue weighted by atomic mass is 10.1. The van der Waals surface area contributed by atoms with Crippen LogP contribution < -0.4 is 5.73 Å². The summed E-state index contributed by atoms with van der Waals surface area (Å²) < 4.78 is 5.28. The summed E-state index contributed by atoms with van der Waals surface area (Å²) in [4.78, 5) is 4.34. The summed E-state index contributed by atoms with van der Waals surface area (Å²) in [5, 5.41) is 13.4. The predicted molar refractivity (Wildman–Crippen MR) is 76.0 cm³/mol. The Labute approximate surface area is 115 Å². The molecule has 3 N–H and O–H groups in total.